The summed E-state index contributed by atoms with van der Waals surface area (Å²) in [6, 6.07) is 9.63. The van der Waals surface area contributed by atoms with E-state index < -0.39 is 16.6 Å². The van der Waals surface area contributed by atoms with Gasteiger partial charge in [0.1, 0.15) is 5.82 Å². The van der Waals surface area contributed by atoms with Gasteiger partial charge in [-0.3, -0.25) is 14.9 Å². The number of hydrogen-bond acceptors (Lipinski definition) is 4. The van der Waals surface area contributed by atoms with E-state index >= 15 is 0 Å². The Kier molecular flexibility index (Phi) is 4.13. The summed E-state index contributed by atoms with van der Waals surface area (Å²) in [7, 11) is 1.50. The second-order valence-corrected chi connectivity index (χ2v) is 4.17. The van der Waals surface area contributed by atoms with Gasteiger partial charge in [-0.2, -0.15) is 0 Å². The van der Waals surface area contributed by atoms with Gasteiger partial charge in [0.15, 0.2) is 0 Å². The van der Waals surface area contributed by atoms with Crippen molar-refractivity contribution in [3.05, 3.63) is 64.0 Å². The number of nitrogens with one attached hydrogen (secondary N) is 2. The summed E-state index contributed by atoms with van der Waals surface area (Å²) in [6.07, 6.45) is 0. The predicted molar refractivity (Wildman–Crippen MR) is 77.0 cm³/mol. The molecule has 2 aromatic rings. The van der Waals surface area contributed by atoms with E-state index in [1.54, 1.807) is 0 Å². The quantitative estimate of drug-likeness (QED) is 0.669. The first kappa shape index (κ1) is 14.4. The molecule has 21 heavy (non-hydrogen) atoms. The van der Waals surface area contributed by atoms with Crippen LogP contribution in [0.5, 0.6) is 0 Å². The summed E-state index contributed by atoms with van der Waals surface area (Å²) in [6.45, 7) is 0. The van der Waals surface area contributed by atoms with Crippen molar-refractivity contribution in [1.82, 2.24) is 0 Å². The highest BCUT2D eigenvalue weighted by atomic mass is 19.1. The van der Waals surface area contributed by atoms with Crippen LogP contribution in [0.2, 0.25) is 0 Å². The lowest BCUT2D eigenvalue weighted by molar-refractivity contribution is -0.384. The molecule has 2 aromatic carbocycles. The Morgan fingerprint density at radius 2 is 1.95 bits per heavy atom. The Hall–Kier alpha value is -2.96. The molecule has 0 aliphatic carbocycles. The fraction of sp³-hybridized carbons (Fsp3) is 0.0714. The summed E-state index contributed by atoms with van der Waals surface area (Å²) in [4.78, 5) is 22.3. The number of nitro groups is 1. The minimum absolute atomic E-state index is 0.0698. The van der Waals surface area contributed by atoms with E-state index in [1.165, 1.54) is 49.5 Å². The third-order valence-corrected chi connectivity index (χ3v) is 2.82. The number of halogens is 1. The highest BCUT2D eigenvalue weighted by Gasteiger charge is 2.15. The lowest BCUT2D eigenvalue weighted by Gasteiger charge is -2.10. The van der Waals surface area contributed by atoms with Gasteiger partial charge in [0, 0.05) is 24.9 Å². The Labute approximate surface area is 119 Å². The number of hydrogen-bond donors (Lipinski definition) is 2. The number of nitro benzene ring substituents is 1. The molecule has 0 radical (unpaired) electrons. The molecule has 108 valence electrons. The zero-order valence-electron chi connectivity index (χ0n) is 11.1. The van der Waals surface area contributed by atoms with Crippen molar-refractivity contribution >= 4 is 23.0 Å². The van der Waals surface area contributed by atoms with Gasteiger partial charge in [-0.25, -0.2) is 4.39 Å². The van der Waals surface area contributed by atoms with Crippen LogP contribution < -0.4 is 10.6 Å². The van der Waals surface area contributed by atoms with Gasteiger partial charge in [0.05, 0.1) is 16.2 Å². The van der Waals surface area contributed by atoms with Crippen molar-refractivity contribution in [3.8, 4) is 0 Å². The maximum Gasteiger partial charge on any atom is 0.271 e. The van der Waals surface area contributed by atoms with Gasteiger partial charge in [0.2, 0.25) is 0 Å². The predicted octanol–water partition coefficient (Wildman–Crippen LogP) is 3.03. The average Bonchev–Trinajstić information content (AvgIpc) is 2.47. The molecule has 0 saturated carbocycles. The molecule has 0 heterocycles. The monoisotopic (exact) mass is 289 g/mol. The van der Waals surface area contributed by atoms with Gasteiger partial charge in [-0.15, -0.1) is 0 Å². The number of non-ortho nitro benzene ring substituents is 1. The SMILES string of the molecule is CNc1c(F)cccc1C(=O)Nc1cccc([N+](=O)[O-])c1. The molecular weight excluding hydrogens is 277 g/mol. The van der Waals surface area contributed by atoms with Crippen LogP contribution in [0.1, 0.15) is 10.4 Å². The first-order chi connectivity index (χ1) is 10.0. The Balaban J connectivity index is 2.28. The van der Waals surface area contributed by atoms with Crippen molar-refractivity contribution in [1.29, 1.82) is 0 Å². The number of amides is 1. The summed E-state index contributed by atoms with van der Waals surface area (Å²) in [5, 5.41) is 15.8. The zero-order valence-corrected chi connectivity index (χ0v) is 11.1. The second kappa shape index (κ2) is 6.00. The molecule has 0 aromatic heterocycles. The molecule has 0 aliphatic heterocycles. The van der Waals surface area contributed by atoms with Crippen molar-refractivity contribution < 1.29 is 14.1 Å². The molecule has 7 heteroatoms. The van der Waals surface area contributed by atoms with Gasteiger partial charge >= 0.3 is 0 Å². The number of para-hydroxylation sites is 1. The minimum atomic E-state index is -0.559. The van der Waals surface area contributed by atoms with Crippen LogP contribution >= 0.6 is 0 Å². The van der Waals surface area contributed by atoms with E-state index in [0.717, 1.165) is 0 Å². The van der Waals surface area contributed by atoms with Crippen LogP contribution in [0.15, 0.2) is 42.5 Å². The van der Waals surface area contributed by atoms with Crippen molar-refractivity contribution in [2.45, 2.75) is 0 Å². The molecule has 2 N–H and O–H groups in total. The number of carbonyl (C=O) groups is 1. The summed E-state index contributed by atoms with van der Waals surface area (Å²) >= 11 is 0. The van der Waals surface area contributed by atoms with Crippen LogP contribution in [-0.4, -0.2) is 17.9 Å². The summed E-state index contributed by atoms with van der Waals surface area (Å²) < 4.78 is 13.6. The number of anilines is 2. The smallest absolute Gasteiger partial charge is 0.271 e. The number of rotatable bonds is 4. The summed E-state index contributed by atoms with van der Waals surface area (Å²) in [5.74, 6) is -1.11. The van der Waals surface area contributed by atoms with E-state index in [4.69, 9.17) is 0 Å². The zero-order chi connectivity index (χ0) is 15.4. The molecule has 1 amide bonds. The average molecular weight is 289 g/mol. The topological polar surface area (TPSA) is 84.3 Å². The highest BCUT2D eigenvalue weighted by molar-refractivity contribution is 6.08. The Morgan fingerprint density at radius 1 is 1.24 bits per heavy atom. The third-order valence-electron chi connectivity index (χ3n) is 2.82. The third kappa shape index (κ3) is 3.14. The highest BCUT2D eigenvalue weighted by Crippen LogP contribution is 2.22. The van der Waals surface area contributed by atoms with Crippen LogP contribution in [0.4, 0.5) is 21.5 Å². The number of benzene rings is 2. The van der Waals surface area contributed by atoms with Gasteiger partial charge in [-0.1, -0.05) is 12.1 Å². The van der Waals surface area contributed by atoms with Crippen LogP contribution in [0.3, 0.4) is 0 Å². The Bertz CT molecular complexity index is 704. The van der Waals surface area contributed by atoms with E-state index in [-0.39, 0.29) is 22.6 Å². The standard InChI is InChI=1S/C14H12FN3O3/c1-16-13-11(6-3-7-12(13)15)14(19)17-9-4-2-5-10(8-9)18(20)21/h2-8,16H,1H3,(H,17,19). The molecule has 6 nitrogen and oxygen atoms in total. The molecule has 0 fully saturated rings. The molecule has 0 unspecified atom stereocenters. The fourth-order valence-corrected chi connectivity index (χ4v) is 1.86. The maximum atomic E-state index is 13.6. The molecule has 0 bridgehead atoms. The van der Waals surface area contributed by atoms with Crippen LogP contribution in [-0.2, 0) is 0 Å². The van der Waals surface area contributed by atoms with Crippen LogP contribution in [0.25, 0.3) is 0 Å². The molecule has 0 spiro atoms. The molecule has 0 atom stereocenters. The lowest BCUT2D eigenvalue weighted by atomic mass is 10.1. The maximum absolute atomic E-state index is 13.6. The number of carbonyl (C=O) groups excluding carboxylic acids is 1. The molecular formula is C14H12FN3O3. The molecule has 0 saturated heterocycles. The molecule has 0 aliphatic rings. The van der Waals surface area contributed by atoms with Crippen molar-refractivity contribution in [2.24, 2.45) is 0 Å². The second-order valence-electron chi connectivity index (χ2n) is 4.17. The van der Waals surface area contributed by atoms with Crippen molar-refractivity contribution in [2.75, 3.05) is 17.7 Å². The van der Waals surface area contributed by atoms with Gasteiger partial charge in [-0.05, 0) is 18.2 Å². The Morgan fingerprint density at radius 3 is 2.62 bits per heavy atom. The van der Waals surface area contributed by atoms with Crippen LogP contribution in [0, 0.1) is 15.9 Å². The van der Waals surface area contributed by atoms with E-state index in [1.807, 2.05) is 0 Å². The van der Waals surface area contributed by atoms with Crippen molar-refractivity contribution in [3.63, 3.8) is 0 Å². The molecule has 2 rings (SSSR count). The first-order valence-electron chi connectivity index (χ1n) is 6.05. The van der Waals surface area contributed by atoms with Gasteiger partial charge in [0.25, 0.3) is 11.6 Å². The number of nitrogens with zero attached hydrogens (tertiary/aromatic N) is 1. The minimum Gasteiger partial charge on any atom is -0.385 e. The fourth-order valence-electron chi connectivity index (χ4n) is 1.86. The van der Waals surface area contributed by atoms with E-state index in [2.05, 4.69) is 10.6 Å². The van der Waals surface area contributed by atoms with Gasteiger partial charge < -0.3 is 10.6 Å². The normalized spacial score (nSPS) is 10.0. The van der Waals surface area contributed by atoms with E-state index in [9.17, 15) is 19.3 Å². The largest absolute Gasteiger partial charge is 0.385 e. The van der Waals surface area contributed by atoms with E-state index in [0.29, 0.717) is 0 Å². The lowest BCUT2D eigenvalue weighted by Crippen LogP contribution is -2.14. The first-order valence-corrected chi connectivity index (χ1v) is 6.05. The summed E-state index contributed by atoms with van der Waals surface area (Å²) in [5.41, 5.74) is 0.311.